The maximum Gasteiger partial charge on any atom is 0.244 e. The number of sulfonamides is 1. The van der Waals surface area contributed by atoms with E-state index in [9.17, 15) is 8.42 Å². The fourth-order valence-electron chi connectivity index (χ4n) is 1.35. The second-order valence-corrected chi connectivity index (χ2v) is 5.81. The Balaban J connectivity index is 3.02. The molecule has 0 saturated carbocycles. The van der Waals surface area contributed by atoms with Crippen molar-refractivity contribution < 1.29 is 13.2 Å². The van der Waals surface area contributed by atoms with Crippen LogP contribution in [0.4, 0.5) is 0 Å². The Hall–Kier alpha value is -1.49. The quantitative estimate of drug-likeness (QED) is 0.782. The van der Waals surface area contributed by atoms with Crippen LogP contribution in [0.1, 0.15) is 12.6 Å². The lowest BCUT2D eigenvalue weighted by Crippen LogP contribution is -2.37. The van der Waals surface area contributed by atoms with E-state index in [0.29, 0.717) is 6.61 Å². The van der Waals surface area contributed by atoms with Crippen LogP contribution in [0.15, 0.2) is 23.2 Å². The lowest BCUT2D eigenvalue weighted by molar-refractivity contribution is 0.149. The zero-order valence-electron chi connectivity index (χ0n) is 10.5. The third kappa shape index (κ3) is 3.04. The molecule has 0 aliphatic heterocycles. The lowest BCUT2D eigenvalue weighted by Gasteiger charge is -2.23. The van der Waals surface area contributed by atoms with Crippen LogP contribution >= 0.6 is 0 Å². The molecular weight excluding hydrogens is 254 g/mol. The van der Waals surface area contributed by atoms with Crippen LogP contribution in [0, 0.1) is 11.3 Å². The molecule has 0 bridgehead atoms. The van der Waals surface area contributed by atoms with Crippen LogP contribution in [-0.4, -0.2) is 44.5 Å². The van der Waals surface area contributed by atoms with Crippen molar-refractivity contribution in [2.75, 3.05) is 20.8 Å². The Morgan fingerprint density at radius 2 is 2.22 bits per heavy atom. The molecule has 1 aromatic heterocycles. The van der Waals surface area contributed by atoms with Gasteiger partial charge in [-0.05, 0) is 19.1 Å². The number of pyridine rings is 1. The van der Waals surface area contributed by atoms with Crippen LogP contribution in [0.2, 0.25) is 0 Å². The Bertz CT molecular complexity index is 534. The summed E-state index contributed by atoms with van der Waals surface area (Å²) in [4.78, 5) is 3.81. The van der Waals surface area contributed by atoms with Crippen molar-refractivity contribution in [3.8, 4) is 6.07 Å². The van der Waals surface area contributed by atoms with Crippen LogP contribution < -0.4 is 0 Å². The second-order valence-electron chi connectivity index (χ2n) is 3.82. The summed E-state index contributed by atoms with van der Waals surface area (Å²) in [5.74, 6) is 0. The Labute approximate surface area is 107 Å². The maximum absolute atomic E-state index is 12.2. The van der Waals surface area contributed by atoms with Gasteiger partial charge in [-0.1, -0.05) is 0 Å². The predicted octanol–water partition coefficient (Wildman–Crippen LogP) is 0.609. The number of hydrogen-bond acceptors (Lipinski definition) is 5. The summed E-state index contributed by atoms with van der Waals surface area (Å²) < 4.78 is 30.5. The molecule has 6 nitrogen and oxygen atoms in total. The number of likely N-dealkylation sites (N-methyl/N-ethyl adjacent to an activating group) is 1. The van der Waals surface area contributed by atoms with Gasteiger partial charge in [-0.2, -0.15) is 9.57 Å². The summed E-state index contributed by atoms with van der Waals surface area (Å²) in [5, 5.41) is 8.61. The maximum atomic E-state index is 12.2. The fourth-order valence-corrected chi connectivity index (χ4v) is 2.64. The zero-order chi connectivity index (χ0) is 13.8. The first-order valence-electron chi connectivity index (χ1n) is 5.26. The molecule has 0 radical (unpaired) electrons. The van der Waals surface area contributed by atoms with Crippen LogP contribution in [0.3, 0.4) is 0 Å². The van der Waals surface area contributed by atoms with Gasteiger partial charge in [0.25, 0.3) is 0 Å². The van der Waals surface area contributed by atoms with E-state index in [1.807, 2.05) is 6.07 Å². The molecule has 98 valence electrons. The molecule has 0 aromatic carbocycles. The van der Waals surface area contributed by atoms with Gasteiger partial charge in [-0.3, -0.25) is 0 Å². The molecular formula is C11H15N3O3S. The number of methoxy groups -OCH3 is 1. The number of aromatic nitrogens is 1. The molecule has 0 saturated heterocycles. The summed E-state index contributed by atoms with van der Waals surface area (Å²) in [6.07, 6.45) is 1.18. The minimum Gasteiger partial charge on any atom is -0.383 e. The first-order valence-corrected chi connectivity index (χ1v) is 6.70. The van der Waals surface area contributed by atoms with Crippen LogP contribution in [-0.2, 0) is 14.8 Å². The minimum absolute atomic E-state index is 0.0620. The van der Waals surface area contributed by atoms with Gasteiger partial charge < -0.3 is 4.74 Å². The van der Waals surface area contributed by atoms with Crippen molar-refractivity contribution in [1.82, 2.24) is 9.29 Å². The average molecular weight is 269 g/mol. The van der Waals surface area contributed by atoms with Gasteiger partial charge in [0, 0.05) is 26.4 Å². The van der Waals surface area contributed by atoms with E-state index >= 15 is 0 Å². The fraction of sp³-hybridized carbons (Fsp3) is 0.455. The molecule has 1 unspecified atom stereocenters. The van der Waals surface area contributed by atoms with E-state index in [1.54, 1.807) is 6.92 Å². The highest BCUT2D eigenvalue weighted by Crippen LogP contribution is 2.15. The summed E-state index contributed by atoms with van der Waals surface area (Å²) in [6.45, 7) is 2.05. The molecule has 0 amide bonds. The van der Waals surface area contributed by atoms with Crippen molar-refractivity contribution in [3.63, 3.8) is 0 Å². The highest BCUT2D eigenvalue weighted by molar-refractivity contribution is 7.89. The number of ether oxygens (including phenoxy) is 1. The summed E-state index contributed by atoms with van der Waals surface area (Å²) in [6, 6.07) is 4.31. The zero-order valence-corrected chi connectivity index (χ0v) is 11.3. The molecule has 0 N–H and O–H groups in total. The van der Waals surface area contributed by atoms with E-state index < -0.39 is 10.0 Å². The van der Waals surface area contributed by atoms with E-state index in [4.69, 9.17) is 10.00 Å². The van der Waals surface area contributed by atoms with E-state index in [1.165, 1.54) is 36.8 Å². The van der Waals surface area contributed by atoms with Gasteiger partial charge in [0.2, 0.25) is 10.0 Å². The van der Waals surface area contributed by atoms with E-state index in [2.05, 4.69) is 4.98 Å². The molecule has 1 aromatic rings. The Morgan fingerprint density at radius 1 is 1.56 bits per heavy atom. The molecule has 1 heterocycles. The molecule has 18 heavy (non-hydrogen) atoms. The third-order valence-corrected chi connectivity index (χ3v) is 4.51. The predicted molar refractivity (Wildman–Crippen MR) is 65.2 cm³/mol. The molecule has 0 aliphatic carbocycles. The first-order chi connectivity index (χ1) is 8.43. The molecule has 0 aliphatic rings. The minimum atomic E-state index is -3.60. The van der Waals surface area contributed by atoms with Gasteiger partial charge in [0.1, 0.15) is 16.7 Å². The van der Waals surface area contributed by atoms with Gasteiger partial charge >= 0.3 is 0 Å². The number of nitrogens with zero attached hydrogens (tertiary/aromatic N) is 3. The topological polar surface area (TPSA) is 83.3 Å². The van der Waals surface area contributed by atoms with Gasteiger partial charge in [-0.15, -0.1) is 0 Å². The van der Waals surface area contributed by atoms with Crippen molar-refractivity contribution in [2.45, 2.75) is 17.9 Å². The van der Waals surface area contributed by atoms with Gasteiger partial charge in [0.05, 0.1) is 6.61 Å². The smallest absolute Gasteiger partial charge is 0.244 e. The number of hydrogen-bond donors (Lipinski definition) is 0. The first kappa shape index (κ1) is 14.6. The van der Waals surface area contributed by atoms with Gasteiger partial charge in [0.15, 0.2) is 0 Å². The third-order valence-electron chi connectivity index (χ3n) is 2.56. The molecule has 0 spiro atoms. The SMILES string of the molecule is COCC(C)N(C)S(=O)(=O)c1ccc(C#N)nc1. The number of nitriles is 1. The summed E-state index contributed by atoms with van der Waals surface area (Å²) >= 11 is 0. The Morgan fingerprint density at radius 3 is 2.67 bits per heavy atom. The number of rotatable bonds is 5. The van der Waals surface area contributed by atoms with E-state index in [0.717, 1.165) is 0 Å². The van der Waals surface area contributed by atoms with Crippen molar-refractivity contribution in [2.24, 2.45) is 0 Å². The van der Waals surface area contributed by atoms with Crippen LogP contribution in [0.25, 0.3) is 0 Å². The standard InChI is InChI=1S/C11H15N3O3S/c1-9(8-17-3)14(2)18(15,16)11-5-4-10(6-12)13-7-11/h4-5,7,9H,8H2,1-3H3. The highest BCUT2D eigenvalue weighted by atomic mass is 32.2. The second kappa shape index (κ2) is 5.91. The largest absolute Gasteiger partial charge is 0.383 e. The van der Waals surface area contributed by atoms with Crippen molar-refractivity contribution in [1.29, 1.82) is 5.26 Å². The van der Waals surface area contributed by atoms with Crippen LogP contribution in [0.5, 0.6) is 0 Å². The molecule has 1 atom stereocenters. The highest BCUT2D eigenvalue weighted by Gasteiger charge is 2.25. The lowest BCUT2D eigenvalue weighted by atomic mass is 10.4. The molecule has 1 rings (SSSR count). The van der Waals surface area contributed by atoms with Crippen molar-refractivity contribution >= 4 is 10.0 Å². The van der Waals surface area contributed by atoms with E-state index in [-0.39, 0.29) is 16.6 Å². The normalized spacial score (nSPS) is 13.3. The summed E-state index contributed by atoms with van der Waals surface area (Å²) in [7, 11) is -0.607. The molecule has 0 fully saturated rings. The summed E-state index contributed by atoms with van der Waals surface area (Å²) in [5.41, 5.74) is 0.182. The molecule has 7 heteroatoms. The monoisotopic (exact) mass is 269 g/mol. The van der Waals surface area contributed by atoms with Crippen molar-refractivity contribution in [3.05, 3.63) is 24.0 Å². The Kier molecular flexibility index (Phi) is 4.78. The average Bonchev–Trinajstić information content (AvgIpc) is 2.38. The van der Waals surface area contributed by atoms with Gasteiger partial charge in [-0.25, -0.2) is 13.4 Å².